The fourth-order valence-electron chi connectivity index (χ4n) is 5.34. The van der Waals surface area contributed by atoms with E-state index in [1.54, 1.807) is 31.2 Å². The van der Waals surface area contributed by atoms with Gasteiger partial charge in [-0.15, -0.1) is 0 Å². The Bertz CT molecular complexity index is 1570. The number of nitrogens with two attached hydrogens (primary N) is 2. The van der Waals surface area contributed by atoms with Crippen molar-refractivity contribution in [1.29, 1.82) is 0 Å². The average molecular weight is 756 g/mol. The number of piperidine rings is 1. The van der Waals surface area contributed by atoms with Gasteiger partial charge in [0.15, 0.2) is 0 Å². The summed E-state index contributed by atoms with van der Waals surface area (Å²) < 4.78 is 65.4. The summed E-state index contributed by atoms with van der Waals surface area (Å²) >= 11 is 0. The van der Waals surface area contributed by atoms with E-state index < -0.39 is 26.1 Å². The number of rotatable bonds is 12. The van der Waals surface area contributed by atoms with Crippen molar-refractivity contribution in [2.45, 2.75) is 113 Å². The normalized spacial score (nSPS) is 17.0. The Morgan fingerprint density at radius 1 is 0.800 bits per heavy atom. The molecule has 0 radical (unpaired) electrons. The first-order chi connectivity index (χ1) is 21.9. The van der Waals surface area contributed by atoms with Gasteiger partial charge in [0.1, 0.15) is 20.2 Å². The molecule has 0 aromatic heterocycles. The van der Waals surface area contributed by atoms with Gasteiger partial charge < -0.3 is 20.6 Å². The van der Waals surface area contributed by atoms with Crippen molar-refractivity contribution in [3.8, 4) is 0 Å². The van der Waals surface area contributed by atoms with E-state index in [-0.39, 0.29) is 104 Å². The molecule has 12 nitrogen and oxygen atoms in total. The first-order valence-electron chi connectivity index (χ1n) is 15.7. The summed E-state index contributed by atoms with van der Waals surface area (Å²) in [6, 6.07) is 12.0. The molecule has 50 heavy (non-hydrogen) atoms. The molecule has 1 heterocycles. The Kier molecular flexibility index (Phi) is 22.6. The molecule has 3 atom stereocenters. The summed E-state index contributed by atoms with van der Waals surface area (Å²) in [6.07, 6.45) is 5.90. The molecule has 1 aliphatic rings. The van der Waals surface area contributed by atoms with Gasteiger partial charge in [-0.1, -0.05) is 51.6 Å². The largest absolute Gasteiger partial charge is 1.00 e. The van der Waals surface area contributed by atoms with Crippen LogP contribution in [0.4, 0.5) is 0 Å². The third kappa shape index (κ3) is 17.6. The fourth-order valence-corrected chi connectivity index (χ4v) is 6.28. The Morgan fingerprint density at radius 2 is 1.16 bits per heavy atom. The number of nitrogens with zero attached hydrogens (tertiary/aromatic N) is 1. The minimum atomic E-state index is -4.39. The van der Waals surface area contributed by atoms with E-state index in [2.05, 4.69) is 45.1 Å². The van der Waals surface area contributed by atoms with Crippen LogP contribution in [0, 0.1) is 5.92 Å². The summed E-state index contributed by atoms with van der Waals surface area (Å²) in [5.41, 5.74) is 11.6. The molecule has 0 bridgehead atoms. The summed E-state index contributed by atoms with van der Waals surface area (Å²) in [5.74, 6) is -0.708. The number of hydrogen-bond acceptors (Lipinski definition) is 10. The van der Waals surface area contributed by atoms with Crippen LogP contribution < -0.4 is 70.6 Å². The van der Waals surface area contributed by atoms with Gasteiger partial charge in [-0.25, -0.2) is 16.8 Å². The third-order valence-electron chi connectivity index (χ3n) is 8.33. The van der Waals surface area contributed by atoms with Crippen molar-refractivity contribution in [3.63, 3.8) is 0 Å². The van der Waals surface area contributed by atoms with Crippen molar-refractivity contribution < 1.29 is 99.5 Å². The molecule has 0 spiro atoms. The van der Waals surface area contributed by atoms with Gasteiger partial charge in [0.2, 0.25) is 11.8 Å². The van der Waals surface area contributed by atoms with Crippen LogP contribution in [0.15, 0.2) is 71.0 Å². The fraction of sp³-hybridized carbons (Fsp3) is 0.529. The first-order valence-corrected chi connectivity index (χ1v) is 18.5. The quantitative estimate of drug-likeness (QED) is 0.152. The van der Waals surface area contributed by atoms with Gasteiger partial charge in [-0.05, 0) is 107 Å². The molecule has 1 saturated heterocycles. The number of carbonyl (C=O) groups excluding carboxylic acids is 2. The standard InChI is InChI=1S/C18H29NO4S.C13H19NO4S.C3H5NO.2Na/c1-14(15-7-9-16(10-8-15)24(20,21)22)13-23-19-17(2,3)11-6-12-18(19,4)5;1-9(3-4-10(2)13(14)15)11-5-7-12(8-6-11)19(16,17)18;1-2-3(4)5;;/h7-10,14H,6,11-13H2,1-5H3,(H,20,21,22);5-10H,3-4H2,1-2H3,(H2,14,15)(H,16,17,18);2H,1H2,(H2,4,5);;/q;;;2*+1/p-2. The maximum atomic E-state index is 11.0. The smallest absolute Gasteiger partial charge is 0.744 e. The summed E-state index contributed by atoms with van der Waals surface area (Å²) in [7, 11) is -8.79. The van der Waals surface area contributed by atoms with Gasteiger partial charge in [0.25, 0.3) is 0 Å². The van der Waals surface area contributed by atoms with Gasteiger partial charge in [-0.2, -0.15) is 5.06 Å². The minimum absolute atomic E-state index is 0. The van der Waals surface area contributed by atoms with E-state index in [1.807, 2.05) is 13.8 Å². The molecule has 0 aliphatic carbocycles. The van der Waals surface area contributed by atoms with Crippen molar-refractivity contribution in [3.05, 3.63) is 72.3 Å². The van der Waals surface area contributed by atoms with E-state index in [0.717, 1.165) is 36.5 Å². The van der Waals surface area contributed by atoms with Crippen LogP contribution in [0.2, 0.25) is 0 Å². The second-order valence-corrected chi connectivity index (χ2v) is 16.2. The zero-order valence-corrected chi connectivity index (χ0v) is 36.6. The third-order valence-corrected chi connectivity index (χ3v) is 10.0. The molecule has 3 unspecified atom stereocenters. The molecular formula is C34H51N3Na2O9S2. The number of hydroxylamine groups is 2. The molecule has 2 aromatic carbocycles. The average Bonchev–Trinajstić information content (AvgIpc) is 2.98. The SMILES string of the molecule is C=CC(N)=O.CC(CCC(C)c1ccc(S(=O)(=O)[O-])cc1)C(N)=O.CC(CON1C(C)(C)CCCC1(C)C)c1ccc(S(=O)(=O)[O-])cc1.[Na+].[Na+]. The van der Waals surface area contributed by atoms with E-state index in [9.17, 15) is 35.5 Å². The second-order valence-electron chi connectivity index (χ2n) is 13.4. The molecular weight excluding hydrogens is 705 g/mol. The topological polar surface area (TPSA) is 213 Å². The van der Waals surface area contributed by atoms with Crippen molar-refractivity contribution in [2.24, 2.45) is 17.4 Å². The summed E-state index contributed by atoms with van der Waals surface area (Å²) in [4.78, 5) is 26.2. The van der Waals surface area contributed by atoms with Crippen LogP contribution in [-0.2, 0) is 34.7 Å². The van der Waals surface area contributed by atoms with Gasteiger partial charge in [0, 0.05) is 22.9 Å². The summed E-state index contributed by atoms with van der Waals surface area (Å²) in [6.45, 7) is 18.2. The second kappa shape index (κ2) is 22.2. The molecule has 1 fully saturated rings. The zero-order chi connectivity index (χ0) is 37.1. The number of primary amides is 2. The Morgan fingerprint density at radius 3 is 1.48 bits per heavy atom. The molecule has 4 N–H and O–H groups in total. The van der Waals surface area contributed by atoms with Gasteiger partial charge in [0.05, 0.1) is 16.4 Å². The Labute approximate surface area is 343 Å². The van der Waals surface area contributed by atoms with Crippen molar-refractivity contribution in [2.75, 3.05) is 6.61 Å². The molecule has 0 saturated carbocycles. The molecule has 16 heteroatoms. The van der Waals surface area contributed by atoms with Crippen LogP contribution in [0.5, 0.6) is 0 Å². The monoisotopic (exact) mass is 755 g/mol. The van der Waals surface area contributed by atoms with Crippen molar-refractivity contribution in [1.82, 2.24) is 5.06 Å². The van der Waals surface area contributed by atoms with E-state index in [4.69, 9.17) is 10.6 Å². The van der Waals surface area contributed by atoms with Crippen molar-refractivity contribution >= 4 is 32.1 Å². The Balaban J connectivity index is 0. The van der Waals surface area contributed by atoms with Crippen LogP contribution in [-0.4, -0.2) is 60.5 Å². The molecule has 270 valence electrons. The predicted octanol–water partition coefficient (Wildman–Crippen LogP) is -1.07. The van der Waals surface area contributed by atoms with E-state index >= 15 is 0 Å². The number of hydrogen-bond donors (Lipinski definition) is 2. The van der Waals surface area contributed by atoms with Gasteiger partial charge in [-0.3, -0.25) is 14.4 Å². The van der Waals surface area contributed by atoms with E-state index in [0.29, 0.717) is 13.0 Å². The summed E-state index contributed by atoms with van der Waals surface area (Å²) in [5, 5.41) is 2.12. The zero-order valence-electron chi connectivity index (χ0n) is 31.0. The van der Waals surface area contributed by atoms with Crippen LogP contribution >= 0.6 is 0 Å². The molecule has 1 aliphatic heterocycles. The van der Waals surface area contributed by atoms with Crippen LogP contribution in [0.3, 0.4) is 0 Å². The predicted molar refractivity (Wildman–Crippen MR) is 182 cm³/mol. The van der Waals surface area contributed by atoms with Crippen LogP contribution in [0.1, 0.15) is 104 Å². The number of benzene rings is 2. The number of carbonyl (C=O) groups is 2. The first kappa shape index (κ1) is 51.0. The maximum absolute atomic E-state index is 11.0. The molecule has 3 rings (SSSR count). The molecule has 2 aromatic rings. The van der Waals surface area contributed by atoms with Gasteiger partial charge >= 0.3 is 59.1 Å². The van der Waals surface area contributed by atoms with E-state index in [1.165, 1.54) is 30.7 Å². The minimum Gasteiger partial charge on any atom is -0.744 e. The number of amides is 2. The maximum Gasteiger partial charge on any atom is 1.00 e. The molecule has 2 amide bonds. The van der Waals surface area contributed by atoms with Crippen LogP contribution in [0.25, 0.3) is 0 Å². The Hall–Kier alpha value is -1.14.